The van der Waals surface area contributed by atoms with Crippen LogP contribution in [-0.2, 0) is 6.42 Å². The van der Waals surface area contributed by atoms with Gasteiger partial charge in [0, 0.05) is 5.56 Å². The number of rotatable bonds is 4. The van der Waals surface area contributed by atoms with E-state index in [0.717, 1.165) is 35.2 Å². The van der Waals surface area contributed by atoms with Gasteiger partial charge in [-0.1, -0.05) is 35.5 Å². The minimum atomic E-state index is 0.0506. The van der Waals surface area contributed by atoms with E-state index in [9.17, 15) is 4.79 Å². The highest BCUT2D eigenvalue weighted by Crippen LogP contribution is 2.20. The Morgan fingerprint density at radius 1 is 1.33 bits per heavy atom. The van der Waals surface area contributed by atoms with Crippen molar-refractivity contribution in [1.29, 1.82) is 0 Å². The van der Waals surface area contributed by atoms with Gasteiger partial charge in [0.1, 0.15) is 4.88 Å². The van der Waals surface area contributed by atoms with Crippen LogP contribution >= 0.6 is 11.5 Å². The lowest BCUT2D eigenvalue weighted by atomic mass is 10.00. The highest BCUT2D eigenvalue weighted by molar-refractivity contribution is 7.08. The van der Waals surface area contributed by atoms with Gasteiger partial charge in [-0.05, 0) is 43.4 Å². The normalized spacial score (nSPS) is 10.6. The van der Waals surface area contributed by atoms with Crippen LogP contribution in [0.4, 0.5) is 0 Å². The average molecular weight is 260 g/mol. The largest absolute Gasteiger partial charge is 0.288 e. The zero-order valence-electron chi connectivity index (χ0n) is 10.9. The molecule has 18 heavy (non-hydrogen) atoms. The van der Waals surface area contributed by atoms with Crippen LogP contribution in [0, 0.1) is 13.8 Å². The summed E-state index contributed by atoms with van der Waals surface area (Å²) in [4.78, 5) is 13.2. The summed E-state index contributed by atoms with van der Waals surface area (Å²) in [6.45, 7) is 6.03. The summed E-state index contributed by atoms with van der Waals surface area (Å²) in [5, 5.41) is 4.05. The molecule has 1 aromatic carbocycles. The molecule has 0 saturated carbocycles. The number of ketones is 1. The molecule has 94 valence electrons. The molecule has 0 spiro atoms. The van der Waals surface area contributed by atoms with Crippen molar-refractivity contribution in [3.05, 3.63) is 45.5 Å². The molecule has 3 nitrogen and oxygen atoms in total. The molecule has 0 saturated heterocycles. The minimum absolute atomic E-state index is 0.0506. The van der Waals surface area contributed by atoms with Gasteiger partial charge in [-0.2, -0.15) is 0 Å². The number of nitrogens with zero attached hydrogens (tertiary/aromatic N) is 2. The van der Waals surface area contributed by atoms with Gasteiger partial charge in [-0.3, -0.25) is 4.79 Å². The molecule has 4 heteroatoms. The fourth-order valence-electron chi connectivity index (χ4n) is 1.88. The highest BCUT2D eigenvalue weighted by atomic mass is 32.1. The van der Waals surface area contributed by atoms with Gasteiger partial charge in [0.15, 0.2) is 0 Å². The first-order valence-electron chi connectivity index (χ1n) is 6.06. The van der Waals surface area contributed by atoms with Crippen LogP contribution < -0.4 is 0 Å². The third kappa shape index (κ3) is 2.48. The maximum atomic E-state index is 12.5. The second-order valence-corrected chi connectivity index (χ2v) is 5.20. The first-order chi connectivity index (χ1) is 8.63. The highest BCUT2D eigenvalue weighted by Gasteiger charge is 2.19. The lowest BCUT2D eigenvalue weighted by Gasteiger charge is -2.05. The molecule has 2 rings (SSSR count). The van der Waals surface area contributed by atoms with E-state index in [1.165, 1.54) is 11.5 Å². The van der Waals surface area contributed by atoms with Crippen LogP contribution in [0.1, 0.15) is 45.4 Å². The van der Waals surface area contributed by atoms with Crippen LogP contribution in [0.5, 0.6) is 0 Å². The van der Waals surface area contributed by atoms with Gasteiger partial charge in [-0.25, -0.2) is 0 Å². The molecule has 0 aliphatic rings. The van der Waals surface area contributed by atoms with Gasteiger partial charge in [0.05, 0.1) is 5.69 Å². The third-order valence-electron chi connectivity index (χ3n) is 2.89. The number of hydrogen-bond acceptors (Lipinski definition) is 4. The van der Waals surface area contributed by atoms with E-state index >= 15 is 0 Å². The Balaban J connectivity index is 2.41. The summed E-state index contributed by atoms with van der Waals surface area (Å²) in [5.74, 6) is 0.0506. The first-order valence-corrected chi connectivity index (χ1v) is 6.84. The zero-order chi connectivity index (χ0) is 13.1. The number of carbonyl (C=O) groups is 1. The fourth-order valence-corrected chi connectivity index (χ4v) is 2.55. The van der Waals surface area contributed by atoms with Crippen molar-refractivity contribution in [2.45, 2.75) is 33.6 Å². The van der Waals surface area contributed by atoms with E-state index in [-0.39, 0.29) is 5.78 Å². The Hall–Kier alpha value is -1.55. The molecule has 0 fully saturated rings. The molecular formula is C14H16N2OS. The van der Waals surface area contributed by atoms with Crippen LogP contribution in [0.15, 0.2) is 18.2 Å². The van der Waals surface area contributed by atoms with Gasteiger partial charge in [0.25, 0.3) is 0 Å². The van der Waals surface area contributed by atoms with E-state index in [4.69, 9.17) is 0 Å². The van der Waals surface area contributed by atoms with Gasteiger partial charge >= 0.3 is 0 Å². The smallest absolute Gasteiger partial charge is 0.206 e. The van der Waals surface area contributed by atoms with Crippen molar-refractivity contribution in [2.75, 3.05) is 0 Å². The van der Waals surface area contributed by atoms with E-state index in [1.807, 2.05) is 32.0 Å². The Morgan fingerprint density at radius 2 is 2.11 bits per heavy atom. The van der Waals surface area contributed by atoms with Crippen LogP contribution in [-0.4, -0.2) is 15.4 Å². The van der Waals surface area contributed by atoms with Crippen molar-refractivity contribution in [2.24, 2.45) is 0 Å². The first kappa shape index (κ1) is 12.9. The van der Waals surface area contributed by atoms with Crippen molar-refractivity contribution < 1.29 is 4.79 Å². The van der Waals surface area contributed by atoms with Gasteiger partial charge in [-0.15, -0.1) is 5.10 Å². The number of aromatic nitrogens is 2. The molecule has 1 aromatic heterocycles. The summed E-state index contributed by atoms with van der Waals surface area (Å²) < 4.78 is 3.91. The summed E-state index contributed by atoms with van der Waals surface area (Å²) >= 11 is 1.20. The lowest BCUT2D eigenvalue weighted by molar-refractivity contribution is 0.104. The predicted molar refractivity (Wildman–Crippen MR) is 73.3 cm³/mol. The van der Waals surface area contributed by atoms with E-state index < -0.39 is 0 Å². The quantitative estimate of drug-likeness (QED) is 0.792. The summed E-state index contributed by atoms with van der Waals surface area (Å²) in [6, 6.07) is 5.94. The van der Waals surface area contributed by atoms with Gasteiger partial charge < -0.3 is 0 Å². The van der Waals surface area contributed by atoms with Crippen molar-refractivity contribution in [3.8, 4) is 0 Å². The molecule has 2 aromatic rings. The zero-order valence-corrected chi connectivity index (χ0v) is 11.7. The summed E-state index contributed by atoms with van der Waals surface area (Å²) in [6.07, 6.45) is 1.78. The van der Waals surface area contributed by atoms with Gasteiger partial charge in [0.2, 0.25) is 5.78 Å². The molecule has 0 aliphatic heterocycles. The SMILES string of the molecule is CCCc1nnsc1C(=O)c1cc(C)ccc1C. The van der Waals surface area contributed by atoms with Crippen LogP contribution in [0.25, 0.3) is 0 Å². The monoisotopic (exact) mass is 260 g/mol. The van der Waals surface area contributed by atoms with Crippen LogP contribution in [0.2, 0.25) is 0 Å². The van der Waals surface area contributed by atoms with Crippen molar-refractivity contribution in [1.82, 2.24) is 9.59 Å². The minimum Gasteiger partial charge on any atom is -0.288 e. The number of aryl methyl sites for hydroxylation is 3. The standard InChI is InChI=1S/C14H16N2OS/c1-4-5-12-14(18-16-15-12)13(17)11-8-9(2)6-7-10(11)3/h6-8H,4-5H2,1-3H3. The maximum absolute atomic E-state index is 12.5. The number of carbonyl (C=O) groups excluding carboxylic acids is 1. The molecular weight excluding hydrogens is 244 g/mol. The Kier molecular flexibility index (Phi) is 3.87. The summed E-state index contributed by atoms with van der Waals surface area (Å²) in [7, 11) is 0. The second kappa shape index (κ2) is 5.40. The molecule has 0 amide bonds. The van der Waals surface area contributed by atoms with E-state index in [1.54, 1.807) is 0 Å². The number of benzene rings is 1. The molecule has 0 radical (unpaired) electrons. The Morgan fingerprint density at radius 3 is 2.83 bits per heavy atom. The Bertz CT molecular complexity index is 575. The third-order valence-corrected chi connectivity index (χ3v) is 3.65. The molecule has 0 aliphatic carbocycles. The molecule has 0 atom stereocenters. The van der Waals surface area contributed by atoms with Crippen LogP contribution in [0.3, 0.4) is 0 Å². The Labute approximate surface area is 111 Å². The molecule has 0 unspecified atom stereocenters. The average Bonchev–Trinajstić information content (AvgIpc) is 2.80. The van der Waals surface area contributed by atoms with Crippen molar-refractivity contribution in [3.63, 3.8) is 0 Å². The summed E-state index contributed by atoms with van der Waals surface area (Å²) in [5.41, 5.74) is 3.69. The number of hydrogen-bond donors (Lipinski definition) is 0. The molecule has 0 bridgehead atoms. The van der Waals surface area contributed by atoms with E-state index in [0.29, 0.717) is 4.88 Å². The predicted octanol–water partition coefficient (Wildman–Crippen LogP) is 3.34. The topological polar surface area (TPSA) is 42.9 Å². The lowest BCUT2D eigenvalue weighted by Crippen LogP contribution is -2.05. The second-order valence-electron chi connectivity index (χ2n) is 4.45. The maximum Gasteiger partial charge on any atom is 0.206 e. The fraction of sp³-hybridized carbons (Fsp3) is 0.357. The molecule has 1 heterocycles. The van der Waals surface area contributed by atoms with Crippen molar-refractivity contribution >= 4 is 17.3 Å². The van der Waals surface area contributed by atoms with E-state index in [2.05, 4.69) is 16.5 Å². The molecule has 0 N–H and O–H groups in total.